The fourth-order valence-corrected chi connectivity index (χ4v) is 14.2. The number of nitrogens with zero attached hydrogens (tertiary/aromatic N) is 4. The highest BCUT2D eigenvalue weighted by atomic mass is 32.1. The largest absolute Gasteiger partial charge is 0.310 e. The minimum Gasteiger partial charge on any atom is -0.310 e. The van der Waals surface area contributed by atoms with Crippen LogP contribution in [0.25, 0.3) is 125 Å². The van der Waals surface area contributed by atoms with Crippen LogP contribution in [0.15, 0.2) is 267 Å². The average molecular weight is 1040 g/mol. The first-order chi connectivity index (χ1) is 39.4. The van der Waals surface area contributed by atoms with Crippen molar-refractivity contribution in [2.75, 3.05) is 4.90 Å². The second-order valence-corrected chi connectivity index (χ2v) is 22.7. The molecule has 0 aliphatic heterocycles. The Morgan fingerprint density at radius 1 is 0.388 bits per heavy atom. The molecule has 3 heterocycles. The van der Waals surface area contributed by atoms with Crippen molar-refractivity contribution in [2.45, 2.75) is 19.3 Å². The highest BCUT2D eigenvalue weighted by Crippen LogP contribution is 2.53. The summed E-state index contributed by atoms with van der Waals surface area (Å²) in [5, 5.41) is 9.98. The second kappa shape index (κ2) is 18.1. The van der Waals surface area contributed by atoms with E-state index in [9.17, 15) is 0 Å². The Kier molecular flexibility index (Phi) is 10.4. The average Bonchev–Trinajstić information content (AvgIpc) is 4.27. The topological polar surface area (TPSA) is 34.0 Å². The first kappa shape index (κ1) is 46.2. The maximum atomic E-state index is 5.20. The molecule has 3 aromatic heterocycles. The van der Waals surface area contributed by atoms with Gasteiger partial charge in [-0.25, -0.2) is 9.97 Å². The smallest absolute Gasteiger partial charge is 0.160 e. The van der Waals surface area contributed by atoms with E-state index < -0.39 is 0 Å². The number of anilines is 3. The van der Waals surface area contributed by atoms with Gasteiger partial charge in [0.05, 0.1) is 22.4 Å². The summed E-state index contributed by atoms with van der Waals surface area (Å²) in [6, 6.07) is 97.3. The molecule has 5 heteroatoms. The van der Waals surface area contributed by atoms with Crippen LogP contribution in [0.2, 0.25) is 0 Å². The van der Waals surface area contributed by atoms with Crippen molar-refractivity contribution in [3.05, 3.63) is 278 Å². The standard InChI is InChI=1S/C75H50N4S/c1-75(2)63-29-17-16-26-58(63)59-41-39-56(45-64(59)75)78(53-35-30-48(31-36-53)47-18-6-3-7-19-47)55-40-43-68-62(44-55)69-60-27-14-15-28-61(60)72-71(73(69)80-68)70-57-25-13-12-20-49(57)34-42-67(70)79(72)54-37-32-52(33-38-54)74-76-65(50-21-8-4-9-22-50)46-66(77-74)51-23-10-5-11-24-51/h3-46H,1-2H3. The molecule has 1 aliphatic carbocycles. The molecule has 0 unspecified atom stereocenters. The highest BCUT2D eigenvalue weighted by molar-refractivity contribution is 7.27. The van der Waals surface area contributed by atoms with Crippen molar-refractivity contribution in [3.63, 3.8) is 0 Å². The van der Waals surface area contributed by atoms with Crippen molar-refractivity contribution in [2.24, 2.45) is 0 Å². The molecule has 0 saturated carbocycles. The van der Waals surface area contributed by atoms with Crippen LogP contribution in [0.4, 0.5) is 17.1 Å². The van der Waals surface area contributed by atoms with Crippen LogP contribution in [0.3, 0.4) is 0 Å². The van der Waals surface area contributed by atoms with Gasteiger partial charge in [-0.1, -0.05) is 202 Å². The molecule has 80 heavy (non-hydrogen) atoms. The maximum absolute atomic E-state index is 5.20. The molecule has 16 rings (SSSR count). The minimum absolute atomic E-state index is 0.149. The summed E-state index contributed by atoms with van der Waals surface area (Å²) in [5.74, 6) is 0.690. The van der Waals surface area contributed by atoms with Gasteiger partial charge in [0, 0.05) is 81.2 Å². The van der Waals surface area contributed by atoms with Gasteiger partial charge in [-0.2, -0.15) is 0 Å². The summed E-state index contributed by atoms with van der Waals surface area (Å²) in [4.78, 5) is 12.9. The van der Waals surface area contributed by atoms with E-state index in [-0.39, 0.29) is 5.41 Å². The third-order valence-corrected chi connectivity index (χ3v) is 18.0. The van der Waals surface area contributed by atoms with Gasteiger partial charge in [-0.05, 0) is 128 Å². The molecule has 1 aliphatic rings. The molecule has 0 fully saturated rings. The van der Waals surface area contributed by atoms with Crippen LogP contribution in [0.5, 0.6) is 0 Å². The first-order valence-corrected chi connectivity index (χ1v) is 28.3. The Balaban J connectivity index is 0.904. The molecule has 0 saturated heterocycles. The van der Waals surface area contributed by atoms with Gasteiger partial charge in [-0.3, -0.25) is 0 Å². The van der Waals surface area contributed by atoms with E-state index in [1.807, 2.05) is 23.5 Å². The van der Waals surface area contributed by atoms with Crippen molar-refractivity contribution in [1.82, 2.24) is 14.5 Å². The summed E-state index contributed by atoms with van der Waals surface area (Å²) in [5.41, 5.74) is 19.3. The Bertz CT molecular complexity index is 4890. The van der Waals surface area contributed by atoms with E-state index in [0.29, 0.717) is 5.82 Å². The van der Waals surface area contributed by atoms with Gasteiger partial charge in [0.15, 0.2) is 5.82 Å². The number of aromatic nitrogens is 3. The maximum Gasteiger partial charge on any atom is 0.160 e. The van der Waals surface area contributed by atoms with Gasteiger partial charge >= 0.3 is 0 Å². The number of hydrogen-bond donors (Lipinski definition) is 0. The normalized spacial score (nSPS) is 12.7. The fourth-order valence-electron chi connectivity index (χ4n) is 12.9. The van der Waals surface area contributed by atoms with E-state index >= 15 is 0 Å². The van der Waals surface area contributed by atoms with Crippen LogP contribution in [0.1, 0.15) is 25.0 Å². The molecule has 0 N–H and O–H groups in total. The van der Waals surface area contributed by atoms with Gasteiger partial charge in [0.25, 0.3) is 0 Å². The molecule has 0 amide bonds. The summed E-state index contributed by atoms with van der Waals surface area (Å²) >= 11 is 1.91. The Morgan fingerprint density at radius 2 is 0.950 bits per heavy atom. The second-order valence-electron chi connectivity index (χ2n) is 21.7. The lowest BCUT2D eigenvalue weighted by Gasteiger charge is -2.28. The first-order valence-electron chi connectivity index (χ1n) is 27.5. The van der Waals surface area contributed by atoms with E-state index in [1.54, 1.807) is 0 Å². The summed E-state index contributed by atoms with van der Waals surface area (Å²) in [7, 11) is 0. The lowest BCUT2D eigenvalue weighted by molar-refractivity contribution is 0.660. The minimum atomic E-state index is -0.149. The van der Waals surface area contributed by atoms with Gasteiger partial charge in [0.2, 0.25) is 0 Å². The Morgan fingerprint density at radius 3 is 1.68 bits per heavy atom. The molecular formula is C75H50N4S. The summed E-state index contributed by atoms with van der Waals surface area (Å²) in [6.07, 6.45) is 0. The highest BCUT2D eigenvalue weighted by Gasteiger charge is 2.36. The monoisotopic (exact) mass is 1040 g/mol. The van der Waals surface area contributed by atoms with Gasteiger partial charge < -0.3 is 9.47 Å². The zero-order valence-electron chi connectivity index (χ0n) is 44.1. The predicted octanol–water partition coefficient (Wildman–Crippen LogP) is 20.7. The predicted molar refractivity (Wildman–Crippen MR) is 338 cm³/mol. The Labute approximate surface area is 467 Å². The van der Waals surface area contributed by atoms with E-state index in [0.717, 1.165) is 50.8 Å². The fraction of sp³-hybridized carbons (Fsp3) is 0.0400. The van der Waals surface area contributed by atoms with E-state index in [4.69, 9.17) is 9.97 Å². The molecule has 4 nitrogen and oxygen atoms in total. The van der Waals surface area contributed by atoms with Crippen molar-refractivity contribution in [3.8, 4) is 61.8 Å². The SMILES string of the molecule is CC1(C)c2ccccc2-c2ccc(N(c3ccc(-c4ccccc4)cc3)c3ccc4sc5c(c4c3)c3ccccc3c3c5c4c5ccccc5ccc4n3-c3ccc(-c4nc(-c5ccccc5)cc(-c5ccccc5)n4)cc3)cc21. The number of thiophene rings is 1. The third-order valence-electron chi connectivity index (χ3n) is 16.8. The van der Waals surface area contributed by atoms with Gasteiger partial charge in [0.1, 0.15) is 0 Å². The van der Waals surface area contributed by atoms with Crippen LogP contribution in [0, 0.1) is 0 Å². The summed E-state index contributed by atoms with van der Waals surface area (Å²) < 4.78 is 5.05. The number of fused-ring (bicyclic) bond motifs is 15. The molecule has 0 spiro atoms. The number of rotatable bonds is 8. The van der Waals surface area contributed by atoms with E-state index in [1.165, 1.54) is 96.9 Å². The molecule has 0 radical (unpaired) electrons. The summed E-state index contributed by atoms with van der Waals surface area (Å²) in [6.45, 7) is 4.74. The van der Waals surface area contributed by atoms with Crippen molar-refractivity contribution < 1.29 is 0 Å². The van der Waals surface area contributed by atoms with Crippen LogP contribution in [-0.4, -0.2) is 14.5 Å². The lowest BCUT2D eigenvalue weighted by Crippen LogP contribution is -2.16. The van der Waals surface area contributed by atoms with Crippen LogP contribution >= 0.6 is 11.3 Å². The quantitative estimate of drug-likeness (QED) is 0.152. The molecule has 12 aromatic carbocycles. The number of hydrogen-bond acceptors (Lipinski definition) is 4. The molecular weight excluding hydrogens is 989 g/mol. The lowest BCUT2D eigenvalue weighted by atomic mass is 9.82. The zero-order valence-corrected chi connectivity index (χ0v) is 44.9. The molecule has 376 valence electrons. The van der Waals surface area contributed by atoms with Gasteiger partial charge in [-0.15, -0.1) is 11.3 Å². The van der Waals surface area contributed by atoms with Crippen molar-refractivity contribution in [1.29, 1.82) is 0 Å². The van der Waals surface area contributed by atoms with Crippen LogP contribution in [-0.2, 0) is 5.41 Å². The van der Waals surface area contributed by atoms with Crippen molar-refractivity contribution >= 4 is 91.9 Å². The molecule has 0 bridgehead atoms. The molecule has 0 atom stereocenters. The van der Waals surface area contributed by atoms with E-state index in [2.05, 4.69) is 278 Å². The Hall–Kier alpha value is -9.94. The zero-order chi connectivity index (χ0) is 53.1. The number of benzene rings is 12. The molecule has 15 aromatic rings. The third kappa shape index (κ3) is 7.21. The van der Waals surface area contributed by atoms with Crippen LogP contribution < -0.4 is 4.90 Å².